The van der Waals surface area contributed by atoms with Crippen molar-refractivity contribution < 1.29 is 19.6 Å². The van der Waals surface area contributed by atoms with Gasteiger partial charge in [-0.2, -0.15) is 4.89 Å². The minimum atomic E-state index is -0.469. The van der Waals surface area contributed by atoms with E-state index in [-0.39, 0.29) is 11.9 Å². The molecule has 0 spiro atoms. The van der Waals surface area contributed by atoms with Gasteiger partial charge in [0.15, 0.2) is 0 Å². The molecule has 4 heteroatoms. The summed E-state index contributed by atoms with van der Waals surface area (Å²) in [5, 5.41) is 4.50. The van der Waals surface area contributed by atoms with Crippen molar-refractivity contribution in [2.45, 2.75) is 65.9 Å². The third-order valence-electron chi connectivity index (χ3n) is 2.75. The standard InChI is InChI=1S/C12H24O4/c1-6-7-8-9-11(13)14-16-15-12(4,5)10(2)3/h10H,6-9H2,1-5H3. The maximum Gasteiger partial charge on any atom is 0.345 e. The van der Waals surface area contributed by atoms with E-state index in [1.807, 2.05) is 27.7 Å². The van der Waals surface area contributed by atoms with Crippen molar-refractivity contribution in [2.75, 3.05) is 0 Å². The summed E-state index contributed by atoms with van der Waals surface area (Å²) in [5.41, 5.74) is -0.469. The van der Waals surface area contributed by atoms with Crippen LogP contribution < -0.4 is 0 Å². The van der Waals surface area contributed by atoms with Crippen molar-refractivity contribution in [1.29, 1.82) is 0 Å². The number of rotatable bonds is 8. The first-order valence-corrected chi connectivity index (χ1v) is 5.95. The van der Waals surface area contributed by atoms with Gasteiger partial charge in [-0.15, -0.1) is 0 Å². The predicted octanol–water partition coefficient (Wildman–Crippen LogP) is 3.41. The monoisotopic (exact) mass is 232 g/mol. The number of carbonyl (C=O) groups is 1. The highest BCUT2D eigenvalue weighted by molar-refractivity contribution is 5.68. The highest BCUT2D eigenvalue weighted by atomic mass is 17.5. The lowest BCUT2D eigenvalue weighted by Gasteiger charge is -2.25. The van der Waals surface area contributed by atoms with Crippen molar-refractivity contribution in [3.8, 4) is 0 Å². The summed E-state index contributed by atoms with van der Waals surface area (Å²) in [6.45, 7) is 9.85. The van der Waals surface area contributed by atoms with Crippen molar-refractivity contribution in [3.05, 3.63) is 0 Å². The first kappa shape index (κ1) is 15.4. The molecule has 0 aliphatic carbocycles. The molecule has 0 aromatic carbocycles. The molecule has 0 atom stereocenters. The molecule has 0 aliphatic heterocycles. The van der Waals surface area contributed by atoms with Crippen molar-refractivity contribution in [3.63, 3.8) is 0 Å². The van der Waals surface area contributed by atoms with Crippen LogP contribution in [0.15, 0.2) is 0 Å². The summed E-state index contributed by atoms with van der Waals surface area (Å²) >= 11 is 0. The average Bonchev–Trinajstić information content (AvgIpc) is 2.17. The highest BCUT2D eigenvalue weighted by Crippen LogP contribution is 2.20. The first-order chi connectivity index (χ1) is 7.40. The Morgan fingerprint density at radius 2 is 1.88 bits per heavy atom. The van der Waals surface area contributed by atoms with Crippen LogP contribution in [0.4, 0.5) is 0 Å². The smallest absolute Gasteiger partial charge is 0.269 e. The molecule has 0 radical (unpaired) electrons. The van der Waals surface area contributed by atoms with E-state index in [4.69, 9.17) is 4.89 Å². The Hall–Kier alpha value is -0.610. The number of unbranched alkanes of at least 4 members (excludes halogenated alkanes) is 2. The number of carbonyl (C=O) groups excluding carboxylic acids is 1. The minimum Gasteiger partial charge on any atom is -0.269 e. The Morgan fingerprint density at radius 3 is 2.38 bits per heavy atom. The van der Waals surface area contributed by atoms with Crippen molar-refractivity contribution >= 4 is 5.97 Å². The molecular weight excluding hydrogens is 208 g/mol. The van der Waals surface area contributed by atoms with E-state index in [2.05, 4.69) is 16.8 Å². The Kier molecular flexibility index (Phi) is 7.34. The van der Waals surface area contributed by atoms with Gasteiger partial charge in [0.2, 0.25) is 0 Å². The lowest BCUT2D eigenvalue weighted by molar-refractivity contribution is -0.520. The molecule has 0 aromatic rings. The molecule has 96 valence electrons. The third-order valence-corrected chi connectivity index (χ3v) is 2.75. The third kappa shape index (κ3) is 6.80. The molecule has 0 saturated carbocycles. The van der Waals surface area contributed by atoms with Crippen LogP contribution in [0, 0.1) is 5.92 Å². The van der Waals surface area contributed by atoms with Crippen LogP contribution in [-0.2, 0) is 19.6 Å². The van der Waals surface area contributed by atoms with Gasteiger partial charge in [-0.05, 0) is 31.2 Å². The molecule has 16 heavy (non-hydrogen) atoms. The fraction of sp³-hybridized carbons (Fsp3) is 0.917. The molecule has 4 nitrogen and oxygen atoms in total. The Labute approximate surface area is 98.1 Å². The van der Waals surface area contributed by atoms with Crippen LogP contribution in [0.1, 0.15) is 60.3 Å². The fourth-order valence-electron chi connectivity index (χ4n) is 0.800. The lowest BCUT2D eigenvalue weighted by Crippen LogP contribution is -2.31. The topological polar surface area (TPSA) is 44.8 Å². The van der Waals surface area contributed by atoms with Crippen LogP contribution in [-0.4, -0.2) is 11.6 Å². The lowest BCUT2D eigenvalue weighted by atomic mass is 9.95. The van der Waals surface area contributed by atoms with E-state index >= 15 is 0 Å². The van der Waals surface area contributed by atoms with Crippen LogP contribution >= 0.6 is 0 Å². The summed E-state index contributed by atoms with van der Waals surface area (Å²) in [6, 6.07) is 0. The molecule has 0 heterocycles. The van der Waals surface area contributed by atoms with E-state index in [1.165, 1.54) is 0 Å². The summed E-state index contributed by atoms with van der Waals surface area (Å²) in [4.78, 5) is 20.7. The zero-order valence-electron chi connectivity index (χ0n) is 11.0. The maximum absolute atomic E-state index is 11.1. The molecule has 0 amide bonds. The average molecular weight is 232 g/mol. The summed E-state index contributed by atoms with van der Waals surface area (Å²) < 4.78 is 0. The Balaban J connectivity index is 3.61. The Bertz CT molecular complexity index is 199. The largest absolute Gasteiger partial charge is 0.345 e. The molecule has 0 aliphatic rings. The molecule has 0 N–H and O–H groups in total. The van der Waals surface area contributed by atoms with Gasteiger partial charge in [0.1, 0.15) is 5.60 Å². The second kappa shape index (κ2) is 7.63. The SMILES string of the molecule is CCCCCC(=O)OOOC(C)(C)C(C)C. The quantitative estimate of drug-likeness (QED) is 0.365. The molecular formula is C12H24O4. The second-order valence-electron chi connectivity index (χ2n) is 4.82. The van der Waals surface area contributed by atoms with E-state index in [9.17, 15) is 4.79 Å². The summed E-state index contributed by atoms with van der Waals surface area (Å²) in [7, 11) is 0. The van der Waals surface area contributed by atoms with Crippen LogP contribution in [0.25, 0.3) is 0 Å². The molecule has 0 fully saturated rings. The highest BCUT2D eigenvalue weighted by Gasteiger charge is 2.25. The maximum atomic E-state index is 11.1. The van der Waals surface area contributed by atoms with Crippen LogP contribution in [0.2, 0.25) is 0 Å². The van der Waals surface area contributed by atoms with Gasteiger partial charge in [-0.3, -0.25) is 4.89 Å². The van der Waals surface area contributed by atoms with Gasteiger partial charge < -0.3 is 0 Å². The van der Waals surface area contributed by atoms with E-state index < -0.39 is 5.60 Å². The minimum absolute atomic E-state index is 0.270. The molecule has 0 rings (SSSR count). The van der Waals surface area contributed by atoms with Crippen LogP contribution in [0.3, 0.4) is 0 Å². The summed E-state index contributed by atoms with van der Waals surface area (Å²) in [5.74, 6) is -0.112. The van der Waals surface area contributed by atoms with Crippen LogP contribution in [0.5, 0.6) is 0 Å². The Morgan fingerprint density at radius 1 is 1.25 bits per heavy atom. The van der Waals surface area contributed by atoms with Gasteiger partial charge in [0.05, 0.1) is 0 Å². The fourth-order valence-corrected chi connectivity index (χ4v) is 0.800. The van der Waals surface area contributed by atoms with Gasteiger partial charge >= 0.3 is 5.97 Å². The molecule has 0 bridgehead atoms. The van der Waals surface area contributed by atoms with E-state index in [0.717, 1.165) is 19.3 Å². The zero-order valence-corrected chi connectivity index (χ0v) is 11.0. The number of hydrogen-bond acceptors (Lipinski definition) is 4. The first-order valence-electron chi connectivity index (χ1n) is 5.95. The van der Waals surface area contributed by atoms with Gasteiger partial charge in [-0.25, -0.2) is 4.79 Å². The second-order valence-corrected chi connectivity index (χ2v) is 4.82. The zero-order chi connectivity index (χ0) is 12.6. The normalized spacial score (nSPS) is 11.9. The van der Waals surface area contributed by atoms with Gasteiger partial charge in [0, 0.05) is 6.42 Å². The molecule has 0 unspecified atom stereocenters. The van der Waals surface area contributed by atoms with E-state index in [1.54, 1.807) is 0 Å². The van der Waals surface area contributed by atoms with Gasteiger partial charge in [-0.1, -0.05) is 33.6 Å². The van der Waals surface area contributed by atoms with E-state index in [0.29, 0.717) is 6.42 Å². The molecule has 0 saturated heterocycles. The van der Waals surface area contributed by atoms with Gasteiger partial charge in [0.25, 0.3) is 0 Å². The predicted molar refractivity (Wildman–Crippen MR) is 61.3 cm³/mol. The molecule has 0 aromatic heterocycles. The number of hydrogen-bond donors (Lipinski definition) is 0. The summed E-state index contributed by atoms with van der Waals surface area (Å²) in [6.07, 6.45) is 3.30. The van der Waals surface area contributed by atoms with Crippen molar-refractivity contribution in [2.24, 2.45) is 5.92 Å². The van der Waals surface area contributed by atoms with Crippen molar-refractivity contribution in [1.82, 2.24) is 0 Å².